The van der Waals surface area contributed by atoms with Crippen molar-refractivity contribution in [3.05, 3.63) is 83.2 Å². The van der Waals surface area contributed by atoms with Gasteiger partial charge in [0, 0.05) is 35.8 Å². The van der Waals surface area contributed by atoms with Crippen molar-refractivity contribution in [2.45, 2.75) is 25.7 Å². The standard InChI is InChI=1S/C23H22FN3OS/c24-20-11-5-4-10-19(20)21-15-27-18(16-29-23(27)26-21)12-13-22(28)25-14-6-9-17-7-2-1-3-8-17/h1-5,7-8,10-11,15-16H,6,9,12-14H2,(H,25,28). The number of aromatic nitrogens is 2. The number of hydrogen-bond donors (Lipinski definition) is 1. The number of nitrogens with zero attached hydrogens (tertiary/aromatic N) is 2. The lowest BCUT2D eigenvalue weighted by molar-refractivity contribution is -0.121. The summed E-state index contributed by atoms with van der Waals surface area (Å²) in [6.07, 6.45) is 4.77. The summed E-state index contributed by atoms with van der Waals surface area (Å²) in [6, 6.07) is 16.9. The van der Waals surface area contributed by atoms with E-state index in [2.05, 4.69) is 22.4 Å². The number of fused-ring (bicyclic) bond motifs is 1. The zero-order chi connectivity index (χ0) is 20.1. The van der Waals surface area contributed by atoms with Crippen LogP contribution in [-0.4, -0.2) is 21.8 Å². The maximum Gasteiger partial charge on any atom is 0.220 e. The van der Waals surface area contributed by atoms with Crippen LogP contribution < -0.4 is 5.32 Å². The van der Waals surface area contributed by atoms with Crippen LogP contribution in [0.25, 0.3) is 16.2 Å². The number of rotatable bonds is 8. The first-order valence-electron chi connectivity index (χ1n) is 9.72. The van der Waals surface area contributed by atoms with Crippen molar-refractivity contribution >= 4 is 22.2 Å². The van der Waals surface area contributed by atoms with Crippen molar-refractivity contribution in [1.82, 2.24) is 14.7 Å². The van der Waals surface area contributed by atoms with Gasteiger partial charge in [-0.25, -0.2) is 9.37 Å². The number of carbonyl (C=O) groups is 1. The van der Waals surface area contributed by atoms with Gasteiger partial charge in [0.25, 0.3) is 0 Å². The number of nitrogens with one attached hydrogen (secondary N) is 1. The van der Waals surface area contributed by atoms with E-state index in [1.807, 2.05) is 34.2 Å². The molecular formula is C23H22FN3OS. The Morgan fingerprint density at radius 2 is 1.86 bits per heavy atom. The number of benzene rings is 2. The molecule has 0 aliphatic heterocycles. The van der Waals surface area contributed by atoms with Gasteiger partial charge in [-0.1, -0.05) is 42.5 Å². The number of thiazole rings is 1. The van der Waals surface area contributed by atoms with Gasteiger partial charge in [-0.3, -0.25) is 9.20 Å². The number of imidazole rings is 1. The monoisotopic (exact) mass is 407 g/mol. The van der Waals surface area contributed by atoms with Crippen LogP contribution in [0.15, 0.2) is 66.2 Å². The summed E-state index contributed by atoms with van der Waals surface area (Å²) >= 11 is 1.50. The predicted octanol–water partition coefficient (Wildman–Crippen LogP) is 4.88. The van der Waals surface area contributed by atoms with Crippen LogP contribution in [0.2, 0.25) is 0 Å². The molecule has 2 aromatic carbocycles. The van der Waals surface area contributed by atoms with Crippen LogP contribution in [0.1, 0.15) is 24.1 Å². The minimum absolute atomic E-state index is 0.0480. The molecule has 2 heterocycles. The molecule has 1 amide bonds. The molecule has 4 nitrogen and oxygen atoms in total. The summed E-state index contributed by atoms with van der Waals surface area (Å²) in [5.74, 6) is -0.235. The van der Waals surface area contributed by atoms with E-state index >= 15 is 0 Å². The Morgan fingerprint density at radius 1 is 1.07 bits per heavy atom. The Balaban J connectivity index is 1.30. The minimum atomic E-state index is -0.283. The summed E-state index contributed by atoms with van der Waals surface area (Å²) in [5, 5.41) is 5.00. The minimum Gasteiger partial charge on any atom is -0.356 e. The van der Waals surface area contributed by atoms with E-state index in [1.54, 1.807) is 18.2 Å². The third kappa shape index (κ3) is 4.71. The summed E-state index contributed by atoms with van der Waals surface area (Å²) in [4.78, 5) is 17.5. The molecule has 0 saturated heterocycles. The van der Waals surface area contributed by atoms with E-state index in [0.717, 1.165) is 23.5 Å². The first-order valence-corrected chi connectivity index (χ1v) is 10.6. The van der Waals surface area contributed by atoms with Gasteiger partial charge in [0.05, 0.1) is 5.69 Å². The van der Waals surface area contributed by atoms with Crippen LogP contribution >= 0.6 is 11.3 Å². The normalized spacial score (nSPS) is 11.1. The van der Waals surface area contributed by atoms with Crippen molar-refractivity contribution in [2.24, 2.45) is 0 Å². The topological polar surface area (TPSA) is 46.4 Å². The second-order valence-corrected chi connectivity index (χ2v) is 7.76. The third-order valence-corrected chi connectivity index (χ3v) is 5.74. The fourth-order valence-electron chi connectivity index (χ4n) is 3.30. The van der Waals surface area contributed by atoms with Gasteiger partial charge in [0.1, 0.15) is 5.82 Å². The lowest BCUT2D eigenvalue weighted by Crippen LogP contribution is -2.25. The average Bonchev–Trinajstić information content (AvgIpc) is 3.32. The molecule has 6 heteroatoms. The molecule has 0 bridgehead atoms. The first-order chi connectivity index (χ1) is 14.2. The smallest absolute Gasteiger partial charge is 0.220 e. The van der Waals surface area contributed by atoms with Crippen LogP contribution in [-0.2, 0) is 17.6 Å². The number of halogens is 1. The highest BCUT2D eigenvalue weighted by atomic mass is 32.1. The van der Waals surface area contributed by atoms with E-state index in [9.17, 15) is 9.18 Å². The van der Waals surface area contributed by atoms with E-state index in [1.165, 1.54) is 23.0 Å². The molecule has 0 spiro atoms. The summed E-state index contributed by atoms with van der Waals surface area (Å²) < 4.78 is 16.0. The molecule has 1 N–H and O–H groups in total. The molecule has 29 heavy (non-hydrogen) atoms. The lowest BCUT2D eigenvalue weighted by Gasteiger charge is -2.05. The lowest BCUT2D eigenvalue weighted by atomic mass is 10.1. The SMILES string of the molecule is O=C(CCc1csc2nc(-c3ccccc3F)cn12)NCCCc1ccccc1. The predicted molar refractivity (Wildman–Crippen MR) is 115 cm³/mol. The van der Waals surface area contributed by atoms with Crippen molar-refractivity contribution in [3.63, 3.8) is 0 Å². The fourth-order valence-corrected chi connectivity index (χ4v) is 4.21. The van der Waals surface area contributed by atoms with E-state index in [4.69, 9.17) is 0 Å². The number of hydrogen-bond acceptors (Lipinski definition) is 3. The molecule has 0 saturated carbocycles. The summed E-state index contributed by atoms with van der Waals surface area (Å²) in [7, 11) is 0. The van der Waals surface area contributed by atoms with Gasteiger partial charge < -0.3 is 5.32 Å². The molecule has 4 aromatic rings. The van der Waals surface area contributed by atoms with Crippen LogP contribution in [0.3, 0.4) is 0 Å². The van der Waals surface area contributed by atoms with Crippen molar-refractivity contribution in [1.29, 1.82) is 0 Å². The number of aryl methyl sites for hydroxylation is 2. The van der Waals surface area contributed by atoms with Gasteiger partial charge in [-0.2, -0.15) is 0 Å². The van der Waals surface area contributed by atoms with Gasteiger partial charge >= 0.3 is 0 Å². The molecule has 0 aliphatic carbocycles. The van der Waals surface area contributed by atoms with Gasteiger partial charge in [0.15, 0.2) is 4.96 Å². The molecule has 0 radical (unpaired) electrons. The Kier molecular flexibility index (Phi) is 6.00. The highest BCUT2D eigenvalue weighted by Gasteiger charge is 2.13. The largest absolute Gasteiger partial charge is 0.356 e. The van der Waals surface area contributed by atoms with Crippen LogP contribution in [0.5, 0.6) is 0 Å². The molecule has 0 unspecified atom stereocenters. The molecule has 148 valence electrons. The average molecular weight is 408 g/mol. The first kappa shape index (κ1) is 19.3. The van der Waals surface area contributed by atoms with Crippen molar-refractivity contribution in [3.8, 4) is 11.3 Å². The van der Waals surface area contributed by atoms with Crippen LogP contribution in [0, 0.1) is 5.82 Å². The number of amides is 1. The molecule has 2 aromatic heterocycles. The Labute approximate surface area is 173 Å². The molecule has 0 aliphatic rings. The maximum absolute atomic E-state index is 14.0. The Hall–Kier alpha value is -2.99. The number of carbonyl (C=O) groups excluding carboxylic acids is 1. The molecule has 0 fully saturated rings. The quantitative estimate of drug-likeness (QED) is 0.423. The third-order valence-electron chi connectivity index (χ3n) is 4.85. The van der Waals surface area contributed by atoms with E-state index in [-0.39, 0.29) is 11.7 Å². The molecule has 0 atom stereocenters. The summed E-state index contributed by atoms with van der Waals surface area (Å²) in [5.41, 5.74) is 3.40. The van der Waals surface area contributed by atoms with Crippen LogP contribution in [0.4, 0.5) is 4.39 Å². The van der Waals surface area contributed by atoms with Gasteiger partial charge in [-0.15, -0.1) is 11.3 Å². The molecular weight excluding hydrogens is 385 g/mol. The second kappa shape index (κ2) is 9.01. The zero-order valence-corrected chi connectivity index (χ0v) is 16.8. The highest BCUT2D eigenvalue weighted by Crippen LogP contribution is 2.26. The van der Waals surface area contributed by atoms with Crippen molar-refractivity contribution < 1.29 is 9.18 Å². The zero-order valence-electron chi connectivity index (χ0n) is 16.0. The van der Waals surface area contributed by atoms with Crippen molar-refractivity contribution in [2.75, 3.05) is 6.54 Å². The van der Waals surface area contributed by atoms with E-state index in [0.29, 0.717) is 30.6 Å². The maximum atomic E-state index is 14.0. The fraction of sp³-hybridized carbons (Fsp3) is 0.217. The Morgan fingerprint density at radius 3 is 2.69 bits per heavy atom. The highest BCUT2D eigenvalue weighted by molar-refractivity contribution is 7.15. The van der Waals surface area contributed by atoms with Gasteiger partial charge in [0.2, 0.25) is 5.91 Å². The summed E-state index contributed by atoms with van der Waals surface area (Å²) in [6.45, 7) is 0.676. The van der Waals surface area contributed by atoms with E-state index < -0.39 is 0 Å². The Bertz CT molecular complexity index is 1100. The van der Waals surface area contributed by atoms with Gasteiger partial charge in [-0.05, 0) is 37.0 Å². The molecule has 4 rings (SSSR count). The second-order valence-electron chi connectivity index (χ2n) is 6.92.